The molecule has 1 aromatic rings. The number of aromatic nitrogens is 2. The summed E-state index contributed by atoms with van der Waals surface area (Å²) in [6, 6.07) is 2.02. The molecule has 0 spiro atoms. The van der Waals surface area contributed by atoms with Crippen LogP contribution in [-0.2, 0) is 0 Å². The maximum absolute atomic E-state index is 4.65. The van der Waals surface area contributed by atoms with Crippen LogP contribution in [0.15, 0.2) is 6.07 Å². The summed E-state index contributed by atoms with van der Waals surface area (Å²) < 4.78 is 0. The molecule has 0 aromatic carbocycles. The molecule has 0 aliphatic rings. The third kappa shape index (κ3) is 5.45. The lowest BCUT2D eigenvalue weighted by Crippen LogP contribution is -2.27. The second-order valence-electron chi connectivity index (χ2n) is 4.96. The van der Waals surface area contributed by atoms with Crippen LogP contribution >= 0.6 is 0 Å². The van der Waals surface area contributed by atoms with E-state index in [0.29, 0.717) is 0 Å². The van der Waals surface area contributed by atoms with Crippen LogP contribution in [0.2, 0.25) is 0 Å². The molecule has 0 saturated carbocycles. The van der Waals surface area contributed by atoms with Gasteiger partial charge in [0, 0.05) is 31.4 Å². The molecule has 1 rings (SSSR count). The van der Waals surface area contributed by atoms with Crippen molar-refractivity contribution in [2.24, 2.45) is 0 Å². The molecule has 4 heteroatoms. The summed E-state index contributed by atoms with van der Waals surface area (Å²) in [6.07, 6.45) is 4.61. The normalized spacial score (nSPS) is 10.5. The number of nitrogens with zero attached hydrogens (tertiary/aromatic N) is 3. The molecule has 0 atom stereocenters. The molecule has 0 bridgehead atoms. The van der Waals surface area contributed by atoms with E-state index in [1.165, 1.54) is 12.8 Å². The Morgan fingerprint density at radius 1 is 1.05 bits per heavy atom. The van der Waals surface area contributed by atoms with Crippen molar-refractivity contribution < 1.29 is 0 Å². The van der Waals surface area contributed by atoms with Gasteiger partial charge in [0.1, 0.15) is 5.82 Å². The highest BCUT2D eigenvalue weighted by Gasteiger charge is 2.09. The number of nitrogens with one attached hydrogen (secondary N) is 1. The van der Waals surface area contributed by atoms with Crippen LogP contribution in [0.5, 0.6) is 0 Å². The number of rotatable bonds is 9. The average molecular weight is 264 g/mol. The summed E-state index contributed by atoms with van der Waals surface area (Å²) in [6.45, 7) is 11.6. The van der Waals surface area contributed by atoms with E-state index in [0.717, 1.165) is 49.9 Å². The maximum Gasteiger partial charge on any atom is 0.227 e. The van der Waals surface area contributed by atoms with Crippen molar-refractivity contribution >= 4 is 11.8 Å². The number of unbranched alkanes of at least 4 members (excludes halogenated alkanes) is 1. The lowest BCUT2D eigenvalue weighted by molar-refractivity contribution is 0.719. The lowest BCUT2D eigenvalue weighted by atomic mass is 10.3. The van der Waals surface area contributed by atoms with E-state index >= 15 is 0 Å². The number of aryl methyl sites for hydroxylation is 1. The fourth-order valence-electron chi connectivity index (χ4n) is 2.03. The third-order valence-electron chi connectivity index (χ3n) is 2.95. The monoisotopic (exact) mass is 264 g/mol. The molecule has 0 aliphatic carbocycles. The van der Waals surface area contributed by atoms with Gasteiger partial charge >= 0.3 is 0 Å². The predicted molar refractivity (Wildman–Crippen MR) is 83.0 cm³/mol. The van der Waals surface area contributed by atoms with Crippen LogP contribution in [0.25, 0.3) is 0 Å². The molecule has 19 heavy (non-hydrogen) atoms. The fraction of sp³-hybridized carbons (Fsp3) is 0.733. The minimum absolute atomic E-state index is 0.864. The van der Waals surface area contributed by atoms with E-state index in [4.69, 9.17) is 0 Å². The second-order valence-corrected chi connectivity index (χ2v) is 4.96. The Kier molecular flexibility index (Phi) is 7.23. The maximum atomic E-state index is 4.65. The van der Waals surface area contributed by atoms with Gasteiger partial charge in [-0.3, -0.25) is 0 Å². The Morgan fingerprint density at radius 3 is 2.32 bits per heavy atom. The van der Waals surface area contributed by atoms with Gasteiger partial charge in [-0.1, -0.05) is 27.2 Å². The van der Waals surface area contributed by atoms with Gasteiger partial charge in [-0.2, -0.15) is 4.98 Å². The Hall–Kier alpha value is -1.32. The van der Waals surface area contributed by atoms with Gasteiger partial charge in [0.15, 0.2) is 0 Å². The minimum atomic E-state index is 0.864. The summed E-state index contributed by atoms with van der Waals surface area (Å²) in [7, 11) is 0. The first-order valence-electron chi connectivity index (χ1n) is 7.55. The molecule has 1 aromatic heterocycles. The second kappa shape index (κ2) is 8.73. The van der Waals surface area contributed by atoms with Crippen molar-refractivity contribution in [1.29, 1.82) is 0 Å². The molecule has 0 amide bonds. The van der Waals surface area contributed by atoms with Gasteiger partial charge in [0.2, 0.25) is 5.95 Å². The first-order chi connectivity index (χ1) is 9.21. The quantitative estimate of drug-likeness (QED) is 0.692. The van der Waals surface area contributed by atoms with E-state index < -0.39 is 0 Å². The van der Waals surface area contributed by atoms with E-state index in [1.54, 1.807) is 0 Å². The Morgan fingerprint density at radius 2 is 1.74 bits per heavy atom. The molecule has 4 nitrogen and oxygen atoms in total. The molecule has 0 fully saturated rings. The van der Waals surface area contributed by atoms with Crippen LogP contribution in [0.1, 0.15) is 52.1 Å². The summed E-state index contributed by atoms with van der Waals surface area (Å²) >= 11 is 0. The highest BCUT2D eigenvalue weighted by Crippen LogP contribution is 2.14. The van der Waals surface area contributed by atoms with Gasteiger partial charge in [-0.25, -0.2) is 4.98 Å². The first kappa shape index (κ1) is 15.7. The van der Waals surface area contributed by atoms with Gasteiger partial charge in [-0.15, -0.1) is 0 Å². The molecule has 0 saturated heterocycles. The van der Waals surface area contributed by atoms with Gasteiger partial charge in [-0.05, 0) is 26.2 Å². The molecular formula is C15H28N4. The van der Waals surface area contributed by atoms with Crippen molar-refractivity contribution in [3.63, 3.8) is 0 Å². The Bertz CT molecular complexity index is 359. The number of hydrogen-bond donors (Lipinski definition) is 1. The summed E-state index contributed by atoms with van der Waals surface area (Å²) in [5.41, 5.74) is 1.03. The summed E-state index contributed by atoms with van der Waals surface area (Å²) in [5.74, 6) is 1.82. The van der Waals surface area contributed by atoms with Crippen LogP contribution in [0.4, 0.5) is 11.8 Å². The third-order valence-corrected chi connectivity index (χ3v) is 2.95. The van der Waals surface area contributed by atoms with E-state index in [2.05, 4.69) is 41.0 Å². The fourth-order valence-corrected chi connectivity index (χ4v) is 2.03. The zero-order valence-electron chi connectivity index (χ0n) is 12.9. The van der Waals surface area contributed by atoms with Crippen molar-refractivity contribution in [2.75, 3.05) is 29.9 Å². The smallest absolute Gasteiger partial charge is 0.227 e. The molecule has 0 unspecified atom stereocenters. The lowest BCUT2D eigenvalue weighted by Gasteiger charge is -2.22. The Balaban J connectivity index is 2.80. The van der Waals surface area contributed by atoms with Gasteiger partial charge in [0.25, 0.3) is 0 Å². The molecule has 0 radical (unpaired) electrons. The molecule has 108 valence electrons. The first-order valence-corrected chi connectivity index (χ1v) is 7.55. The summed E-state index contributed by atoms with van der Waals surface area (Å²) in [5, 5.41) is 3.39. The summed E-state index contributed by atoms with van der Waals surface area (Å²) in [4.78, 5) is 11.5. The van der Waals surface area contributed by atoms with Gasteiger partial charge in [0.05, 0.1) is 0 Å². The van der Waals surface area contributed by atoms with Crippen molar-refractivity contribution in [3.8, 4) is 0 Å². The highest BCUT2D eigenvalue weighted by molar-refractivity contribution is 5.43. The SMILES string of the molecule is CCCCNc1cc(C)nc(N(CCC)CCC)n1. The van der Waals surface area contributed by atoms with Gasteiger partial charge < -0.3 is 10.2 Å². The van der Waals surface area contributed by atoms with E-state index in [9.17, 15) is 0 Å². The van der Waals surface area contributed by atoms with Crippen LogP contribution in [-0.4, -0.2) is 29.6 Å². The van der Waals surface area contributed by atoms with Crippen LogP contribution in [0.3, 0.4) is 0 Å². The zero-order chi connectivity index (χ0) is 14.1. The standard InChI is InChI=1S/C15H28N4/c1-5-8-9-16-14-12-13(4)17-15(18-14)19(10-6-2)11-7-3/h12H,5-11H2,1-4H3,(H,16,17,18). The number of hydrogen-bond acceptors (Lipinski definition) is 4. The van der Waals surface area contributed by atoms with Crippen LogP contribution < -0.4 is 10.2 Å². The zero-order valence-corrected chi connectivity index (χ0v) is 12.9. The van der Waals surface area contributed by atoms with E-state index in [1.807, 2.05) is 13.0 Å². The largest absolute Gasteiger partial charge is 0.370 e. The van der Waals surface area contributed by atoms with Crippen molar-refractivity contribution in [2.45, 2.75) is 53.4 Å². The van der Waals surface area contributed by atoms with Crippen molar-refractivity contribution in [3.05, 3.63) is 11.8 Å². The average Bonchev–Trinajstić information content (AvgIpc) is 2.38. The predicted octanol–water partition coefficient (Wildman–Crippen LogP) is 3.62. The van der Waals surface area contributed by atoms with E-state index in [-0.39, 0.29) is 0 Å². The topological polar surface area (TPSA) is 41.1 Å². The number of anilines is 2. The molecule has 1 heterocycles. The molecule has 0 aliphatic heterocycles. The molecule has 1 N–H and O–H groups in total. The Labute approximate surface area is 117 Å². The van der Waals surface area contributed by atoms with Crippen LogP contribution in [0, 0.1) is 6.92 Å². The van der Waals surface area contributed by atoms with Crippen molar-refractivity contribution in [1.82, 2.24) is 9.97 Å². The highest BCUT2D eigenvalue weighted by atomic mass is 15.3. The minimum Gasteiger partial charge on any atom is -0.370 e. The molecular weight excluding hydrogens is 236 g/mol.